The summed E-state index contributed by atoms with van der Waals surface area (Å²) in [5.74, 6) is 0.715. The van der Waals surface area contributed by atoms with Crippen LogP contribution in [0.25, 0.3) is 0 Å². The Morgan fingerprint density at radius 3 is 2.61 bits per heavy atom. The summed E-state index contributed by atoms with van der Waals surface area (Å²) in [6, 6.07) is 7.68. The second-order valence-electron chi connectivity index (χ2n) is 8.10. The first-order valence-corrected chi connectivity index (χ1v) is 11.2. The zero-order valence-electron chi connectivity index (χ0n) is 19.3. The molecule has 1 aliphatic rings. The molecule has 1 amide bonds. The minimum absolute atomic E-state index is 0. The fraction of sp³-hybridized carbons (Fsp3) is 0.652. The Kier molecular flexibility index (Phi) is 14.5. The molecule has 7 nitrogen and oxygen atoms in total. The third-order valence-electron chi connectivity index (χ3n) is 5.24. The molecule has 2 rings (SSSR count). The number of carbonyl (C=O) groups excluding carboxylic acids is 1. The van der Waals surface area contributed by atoms with Crippen LogP contribution in [0.4, 0.5) is 0 Å². The lowest BCUT2D eigenvalue weighted by Crippen LogP contribution is -2.37. The van der Waals surface area contributed by atoms with Crippen molar-refractivity contribution in [3.8, 4) is 0 Å². The van der Waals surface area contributed by atoms with Crippen molar-refractivity contribution < 1.29 is 9.53 Å². The summed E-state index contributed by atoms with van der Waals surface area (Å²) in [6.07, 6.45) is 7.81. The minimum Gasteiger partial charge on any atom is -0.378 e. The zero-order valence-corrected chi connectivity index (χ0v) is 21.6. The van der Waals surface area contributed by atoms with Gasteiger partial charge in [-0.3, -0.25) is 9.79 Å². The number of guanidine groups is 1. The number of carbonyl (C=O) groups is 1. The average Bonchev–Trinajstić information content (AvgIpc) is 2.76. The summed E-state index contributed by atoms with van der Waals surface area (Å²) in [7, 11) is 5.74. The van der Waals surface area contributed by atoms with E-state index in [1.165, 1.54) is 32.1 Å². The van der Waals surface area contributed by atoms with Gasteiger partial charge in [-0.1, -0.05) is 31.4 Å². The maximum atomic E-state index is 12.3. The number of benzene rings is 1. The third-order valence-corrected chi connectivity index (χ3v) is 5.24. The largest absolute Gasteiger partial charge is 0.378 e. The molecule has 0 heterocycles. The molecule has 0 unspecified atom stereocenters. The first kappa shape index (κ1) is 27.6. The highest BCUT2D eigenvalue weighted by Crippen LogP contribution is 2.20. The van der Waals surface area contributed by atoms with E-state index in [-0.39, 0.29) is 29.9 Å². The second-order valence-corrected chi connectivity index (χ2v) is 8.10. The Labute approximate surface area is 204 Å². The summed E-state index contributed by atoms with van der Waals surface area (Å²) >= 11 is 0. The number of amides is 1. The van der Waals surface area contributed by atoms with Crippen molar-refractivity contribution in [1.82, 2.24) is 20.9 Å². The molecule has 1 aromatic rings. The second kappa shape index (κ2) is 16.3. The molecule has 0 aliphatic heterocycles. The summed E-state index contributed by atoms with van der Waals surface area (Å²) < 4.78 is 5.96. The number of aliphatic imine (C=N–C) groups is 1. The normalized spacial score (nSPS) is 14.8. The van der Waals surface area contributed by atoms with Gasteiger partial charge in [0.05, 0.1) is 6.10 Å². The van der Waals surface area contributed by atoms with E-state index in [1.54, 1.807) is 7.05 Å². The smallest absolute Gasteiger partial charge is 0.251 e. The van der Waals surface area contributed by atoms with E-state index in [1.807, 2.05) is 43.3 Å². The van der Waals surface area contributed by atoms with Gasteiger partial charge in [-0.05, 0) is 51.1 Å². The van der Waals surface area contributed by atoms with Crippen LogP contribution in [-0.2, 0) is 11.3 Å². The van der Waals surface area contributed by atoms with E-state index in [4.69, 9.17) is 4.74 Å². The summed E-state index contributed by atoms with van der Waals surface area (Å²) in [5.41, 5.74) is 1.72. The molecule has 0 spiro atoms. The molecule has 1 aromatic carbocycles. The van der Waals surface area contributed by atoms with Crippen LogP contribution in [-0.4, -0.2) is 70.3 Å². The van der Waals surface area contributed by atoms with Gasteiger partial charge in [0.2, 0.25) is 0 Å². The van der Waals surface area contributed by atoms with Crippen molar-refractivity contribution in [2.24, 2.45) is 4.99 Å². The first-order chi connectivity index (χ1) is 14.6. The number of nitrogens with zero attached hydrogens (tertiary/aromatic N) is 2. The lowest BCUT2D eigenvalue weighted by Gasteiger charge is -2.22. The van der Waals surface area contributed by atoms with E-state index in [0.717, 1.165) is 37.6 Å². The molecule has 176 valence electrons. The number of likely N-dealkylation sites (N-methyl/N-ethyl adjacent to an activating group) is 1. The number of rotatable bonds is 11. The van der Waals surface area contributed by atoms with E-state index < -0.39 is 0 Å². The van der Waals surface area contributed by atoms with E-state index in [2.05, 4.69) is 20.9 Å². The molecule has 8 heteroatoms. The van der Waals surface area contributed by atoms with Crippen molar-refractivity contribution >= 4 is 35.8 Å². The molecule has 3 N–H and O–H groups in total. The van der Waals surface area contributed by atoms with Crippen molar-refractivity contribution in [1.29, 1.82) is 0 Å². The molecule has 31 heavy (non-hydrogen) atoms. The van der Waals surface area contributed by atoms with Crippen LogP contribution in [0.15, 0.2) is 29.3 Å². The van der Waals surface area contributed by atoms with E-state index in [9.17, 15) is 4.79 Å². The van der Waals surface area contributed by atoms with E-state index >= 15 is 0 Å². The highest BCUT2D eigenvalue weighted by molar-refractivity contribution is 14.0. The molecule has 0 atom stereocenters. The Morgan fingerprint density at radius 1 is 1.13 bits per heavy atom. The number of hydrogen-bond acceptors (Lipinski definition) is 4. The maximum Gasteiger partial charge on any atom is 0.251 e. The predicted molar refractivity (Wildman–Crippen MR) is 138 cm³/mol. The fourth-order valence-electron chi connectivity index (χ4n) is 3.48. The van der Waals surface area contributed by atoms with Gasteiger partial charge in [0.1, 0.15) is 0 Å². The van der Waals surface area contributed by atoms with Crippen LogP contribution >= 0.6 is 24.0 Å². The molecule has 1 aliphatic carbocycles. The van der Waals surface area contributed by atoms with Gasteiger partial charge in [-0.15, -0.1) is 24.0 Å². The monoisotopic (exact) mass is 545 g/mol. The number of nitrogens with one attached hydrogen (secondary N) is 3. The van der Waals surface area contributed by atoms with Gasteiger partial charge in [0, 0.05) is 45.4 Å². The SMILES string of the molecule is CN=C(NCCCOC1CCCCC1)NCc1cccc(C(=O)NCCN(C)C)c1.I. The van der Waals surface area contributed by atoms with Crippen LogP contribution in [0.2, 0.25) is 0 Å². The molecular weight excluding hydrogens is 505 g/mol. The van der Waals surface area contributed by atoms with Crippen LogP contribution in [0.3, 0.4) is 0 Å². The molecule has 0 radical (unpaired) electrons. The van der Waals surface area contributed by atoms with Gasteiger partial charge in [0.15, 0.2) is 5.96 Å². The standard InChI is InChI=1S/C23H39N5O2.HI/c1-24-23(26-13-8-16-30-21-11-5-4-6-12-21)27-18-19-9-7-10-20(17-19)22(29)25-14-15-28(2)3;/h7,9-10,17,21H,4-6,8,11-16,18H2,1-3H3,(H,25,29)(H2,24,26,27);1H. The highest BCUT2D eigenvalue weighted by Gasteiger charge is 2.13. The Bertz CT molecular complexity index is 663. The molecule has 0 saturated heterocycles. The van der Waals surface area contributed by atoms with E-state index in [0.29, 0.717) is 24.8 Å². The van der Waals surface area contributed by atoms with Gasteiger partial charge in [-0.25, -0.2) is 0 Å². The topological polar surface area (TPSA) is 78.0 Å². The molecule has 1 fully saturated rings. The van der Waals surface area contributed by atoms with Gasteiger partial charge in [-0.2, -0.15) is 0 Å². The average molecular weight is 546 g/mol. The van der Waals surface area contributed by atoms with Crippen molar-refractivity contribution in [3.63, 3.8) is 0 Å². The van der Waals surface area contributed by atoms with Crippen molar-refractivity contribution in [2.45, 2.75) is 51.2 Å². The zero-order chi connectivity index (χ0) is 21.6. The molecule has 1 saturated carbocycles. The maximum absolute atomic E-state index is 12.3. The quantitative estimate of drug-likeness (QED) is 0.173. The third kappa shape index (κ3) is 11.7. The Balaban J connectivity index is 0.00000480. The Hall–Kier alpha value is -1.39. The fourth-order valence-corrected chi connectivity index (χ4v) is 3.48. The summed E-state index contributed by atoms with van der Waals surface area (Å²) in [6.45, 7) is 3.67. The molecule has 0 bridgehead atoms. The minimum atomic E-state index is -0.0424. The first-order valence-electron chi connectivity index (χ1n) is 11.2. The van der Waals surface area contributed by atoms with Crippen LogP contribution in [0.1, 0.15) is 54.4 Å². The lowest BCUT2D eigenvalue weighted by molar-refractivity contribution is 0.0277. The van der Waals surface area contributed by atoms with Crippen LogP contribution in [0.5, 0.6) is 0 Å². The van der Waals surface area contributed by atoms with Crippen LogP contribution in [0, 0.1) is 0 Å². The van der Waals surface area contributed by atoms with Gasteiger partial charge < -0.3 is 25.6 Å². The molecular formula is C23H40IN5O2. The number of hydrogen-bond donors (Lipinski definition) is 3. The van der Waals surface area contributed by atoms with Crippen LogP contribution < -0.4 is 16.0 Å². The number of ether oxygens (including phenoxy) is 1. The Morgan fingerprint density at radius 2 is 1.90 bits per heavy atom. The summed E-state index contributed by atoms with van der Waals surface area (Å²) in [4.78, 5) is 18.6. The van der Waals surface area contributed by atoms with Gasteiger partial charge >= 0.3 is 0 Å². The lowest BCUT2D eigenvalue weighted by atomic mass is 9.98. The van der Waals surface area contributed by atoms with Crippen molar-refractivity contribution in [3.05, 3.63) is 35.4 Å². The van der Waals surface area contributed by atoms with Crippen molar-refractivity contribution in [2.75, 3.05) is 47.4 Å². The molecule has 0 aromatic heterocycles. The summed E-state index contributed by atoms with van der Waals surface area (Å²) in [5, 5.41) is 9.59. The highest BCUT2D eigenvalue weighted by atomic mass is 127. The number of halogens is 1. The van der Waals surface area contributed by atoms with Gasteiger partial charge in [0.25, 0.3) is 5.91 Å². The predicted octanol–water partition coefficient (Wildman–Crippen LogP) is 3.00.